The summed E-state index contributed by atoms with van der Waals surface area (Å²) in [5, 5.41) is 10.2. The molecule has 0 aromatic carbocycles. The molecule has 0 radical (unpaired) electrons. The van der Waals surface area contributed by atoms with Crippen LogP contribution in [-0.4, -0.2) is 59.8 Å². The molecule has 0 bridgehead atoms. The van der Waals surface area contributed by atoms with Crippen LogP contribution in [0.4, 0.5) is 0 Å². The first-order valence-electron chi connectivity index (χ1n) is 7.26. The van der Waals surface area contributed by atoms with Gasteiger partial charge in [0.1, 0.15) is 0 Å². The summed E-state index contributed by atoms with van der Waals surface area (Å²) in [5.41, 5.74) is 0. The summed E-state index contributed by atoms with van der Waals surface area (Å²) in [6, 6.07) is 1.02. The number of aliphatic hydroxyl groups excluding tert-OH is 1. The van der Waals surface area contributed by atoms with E-state index >= 15 is 0 Å². The standard InChI is InChI=1S/C14H30N2O/c1-5-8-14(17)13(7-3)16-10-9-15(4)12(6-2)11-16/h12-14,17H,5-11H2,1-4H3. The van der Waals surface area contributed by atoms with Crippen LogP contribution in [0.3, 0.4) is 0 Å². The maximum absolute atomic E-state index is 10.2. The summed E-state index contributed by atoms with van der Waals surface area (Å²) in [6.45, 7) is 9.96. The summed E-state index contributed by atoms with van der Waals surface area (Å²) >= 11 is 0. The van der Waals surface area contributed by atoms with Gasteiger partial charge in [0.25, 0.3) is 0 Å². The van der Waals surface area contributed by atoms with Gasteiger partial charge < -0.3 is 10.0 Å². The third-order valence-corrected chi connectivity index (χ3v) is 4.20. The highest BCUT2D eigenvalue weighted by Crippen LogP contribution is 2.19. The molecule has 17 heavy (non-hydrogen) atoms. The van der Waals surface area contributed by atoms with Gasteiger partial charge in [0.05, 0.1) is 6.10 Å². The molecule has 1 heterocycles. The second-order valence-electron chi connectivity index (χ2n) is 5.37. The van der Waals surface area contributed by atoms with Crippen molar-refractivity contribution in [2.24, 2.45) is 0 Å². The van der Waals surface area contributed by atoms with Crippen LogP contribution in [0.25, 0.3) is 0 Å². The summed E-state index contributed by atoms with van der Waals surface area (Å²) in [7, 11) is 2.22. The van der Waals surface area contributed by atoms with Gasteiger partial charge >= 0.3 is 0 Å². The van der Waals surface area contributed by atoms with Crippen LogP contribution in [-0.2, 0) is 0 Å². The molecule has 0 aliphatic carbocycles. The van der Waals surface area contributed by atoms with Crippen LogP contribution in [0.1, 0.15) is 46.5 Å². The lowest BCUT2D eigenvalue weighted by Crippen LogP contribution is -2.56. The molecule has 102 valence electrons. The van der Waals surface area contributed by atoms with Crippen molar-refractivity contribution in [2.75, 3.05) is 26.7 Å². The first kappa shape index (κ1) is 14.9. The van der Waals surface area contributed by atoms with E-state index in [1.54, 1.807) is 0 Å². The zero-order valence-corrected chi connectivity index (χ0v) is 12.0. The molecule has 0 amide bonds. The molecule has 1 N–H and O–H groups in total. The SMILES string of the molecule is CCCC(O)C(CC)N1CCN(C)C(CC)C1. The lowest BCUT2D eigenvalue weighted by Gasteiger charge is -2.44. The molecule has 0 aromatic heterocycles. The number of rotatable bonds is 6. The van der Waals surface area contributed by atoms with E-state index in [4.69, 9.17) is 0 Å². The molecule has 1 saturated heterocycles. The Morgan fingerprint density at radius 1 is 1.24 bits per heavy atom. The predicted molar refractivity (Wildman–Crippen MR) is 73.3 cm³/mol. The fourth-order valence-corrected chi connectivity index (χ4v) is 2.97. The Morgan fingerprint density at radius 3 is 2.47 bits per heavy atom. The van der Waals surface area contributed by atoms with Crippen molar-refractivity contribution in [1.29, 1.82) is 0 Å². The normalized spacial score (nSPS) is 27.0. The molecule has 1 aliphatic heterocycles. The van der Waals surface area contributed by atoms with Crippen molar-refractivity contribution in [3.8, 4) is 0 Å². The lowest BCUT2D eigenvalue weighted by molar-refractivity contribution is -0.00242. The summed E-state index contributed by atoms with van der Waals surface area (Å²) in [4.78, 5) is 4.96. The number of likely N-dealkylation sites (N-methyl/N-ethyl adjacent to an activating group) is 1. The average Bonchev–Trinajstić information content (AvgIpc) is 2.32. The van der Waals surface area contributed by atoms with Crippen molar-refractivity contribution in [1.82, 2.24) is 9.80 Å². The van der Waals surface area contributed by atoms with E-state index in [9.17, 15) is 5.11 Å². The molecule has 3 nitrogen and oxygen atoms in total. The molecule has 0 saturated carbocycles. The molecule has 0 spiro atoms. The minimum atomic E-state index is -0.147. The predicted octanol–water partition coefficient (Wildman–Crippen LogP) is 1.95. The van der Waals surface area contributed by atoms with E-state index < -0.39 is 0 Å². The van der Waals surface area contributed by atoms with E-state index in [1.807, 2.05) is 0 Å². The zero-order chi connectivity index (χ0) is 12.8. The second-order valence-corrected chi connectivity index (χ2v) is 5.37. The van der Waals surface area contributed by atoms with Crippen molar-refractivity contribution in [2.45, 2.75) is 64.6 Å². The maximum atomic E-state index is 10.2. The Balaban J connectivity index is 2.57. The fraction of sp³-hybridized carbons (Fsp3) is 1.00. The monoisotopic (exact) mass is 242 g/mol. The number of hydrogen-bond donors (Lipinski definition) is 1. The number of piperazine rings is 1. The van der Waals surface area contributed by atoms with Gasteiger partial charge in [-0.1, -0.05) is 27.2 Å². The van der Waals surface area contributed by atoms with Crippen LogP contribution in [0, 0.1) is 0 Å². The number of nitrogens with zero attached hydrogens (tertiary/aromatic N) is 2. The van der Waals surface area contributed by atoms with E-state index in [0.29, 0.717) is 12.1 Å². The van der Waals surface area contributed by atoms with Crippen molar-refractivity contribution < 1.29 is 5.11 Å². The van der Waals surface area contributed by atoms with Gasteiger partial charge in [-0.3, -0.25) is 4.90 Å². The van der Waals surface area contributed by atoms with Gasteiger partial charge in [0, 0.05) is 31.7 Å². The van der Waals surface area contributed by atoms with Crippen molar-refractivity contribution >= 4 is 0 Å². The van der Waals surface area contributed by atoms with Crippen LogP contribution < -0.4 is 0 Å². The highest BCUT2D eigenvalue weighted by atomic mass is 16.3. The third-order valence-electron chi connectivity index (χ3n) is 4.20. The van der Waals surface area contributed by atoms with Gasteiger partial charge in [-0.05, 0) is 26.3 Å². The van der Waals surface area contributed by atoms with E-state index in [0.717, 1.165) is 38.9 Å². The molecule has 3 atom stereocenters. The number of hydrogen-bond acceptors (Lipinski definition) is 3. The van der Waals surface area contributed by atoms with E-state index in [-0.39, 0.29) is 6.10 Å². The molecular weight excluding hydrogens is 212 g/mol. The van der Waals surface area contributed by atoms with Crippen LogP contribution in [0.2, 0.25) is 0 Å². The van der Waals surface area contributed by atoms with Crippen molar-refractivity contribution in [3.63, 3.8) is 0 Å². The summed E-state index contributed by atoms with van der Waals surface area (Å²) < 4.78 is 0. The van der Waals surface area contributed by atoms with Gasteiger partial charge in [0.2, 0.25) is 0 Å². The Bertz CT molecular complexity index is 210. The van der Waals surface area contributed by atoms with Crippen molar-refractivity contribution in [3.05, 3.63) is 0 Å². The highest BCUT2D eigenvalue weighted by Gasteiger charge is 2.30. The minimum Gasteiger partial charge on any atom is -0.391 e. The summed E-state index contributed by atoms with van der Waals surface area (Å²) in [6.07, 6.45) is 4.12. The van der Waals surface area contributed by atoms with E-state index in [2.05, 4.69) is 37.6 Å². The quantitative estimate of drug-likeness (QED) is 0.771. The van der Waals surface area contributed by atoms with Crippen LogP contribution >= 0.6 is 0 Å². The first-order chi connectivity index (χ1) is 8.13. The molecule has 1 rings (SSSR count). The first-order valence-corrected chi connectivity index (χ1v) is 7.26. The Kier molecular flexibility index (Phi) is 6.45. The van der Waals surface area contributed by atoms with Crippen LogP contribution in [0.15, 0.2) is 0 Å². The minimum absolute atomic E-state index is 0.147. The summed E-state index contributed by atoms with van der Waals surface area (Å²) in [5.74, 6) is 0. The second kappa shape index (κ2) is 7.34. The van der Waals surface area contributed by atoms with E-state index in [1.165, 1.54) is 6.42 Å². The number of aliphatic hydroxyl groups is 1. The topological polar surface area (TPSA) is 26.7 Å². The average molecular weight is 242 g/mol. The molecule has 1 fully saturated rings. The Hall–Kier alpha value is -0.120. The molecule has 1 aliphatic rings. The Morgan fingerprint density at radius 2 is 1.94 bits per heavy atom. The fourth-order valence-electron chi connectivity index (χ4n) is 2.97. The lowest BCUT2D eigenvalue weighted by atomic mass is 9.99. The highest BCUT2D eigenvalue weighted by molar-refractivity contribution is 4.86. The molecular formula is C14H30N2O. The van der Waals surface area contributed by atoms with Gasteiger partial charge in [-0.15, -0.1) is 0 Å². The molecule has 3 heteroatoms. The Labute approximate surface area is 107 Å². The third kappa shape index (κ3) is 3.94. The zero-order valence-electron chi connectivity index (χ0n) is 12.0. The van der Waals surface area contributed by atoms with Gasteiger partial charge in [-0.2, -0.15) is 0 Å². The van der Waals surface area contributed by atoms with Gasteiger partial charge in [0.15, 0.2) is 0 Å². The van der Waals surface area contributed by atoms with Gasteiger partial charge in [-0.25, -0.2) is 0 Å². The van der Waals surface area contributed by atoms with Crippen LogP contribution in [0.5, 0.6) is 0 Å². The molecule has 3 unspecified atom stereocenters. The molecule has 0 aromatic rings. The largest absolute Gasteiger partial charge is 0.391 e. The smallest absolute Gasteiger partial charge is 0.0695 e. The maximum Gasteiger partial charge on any atom is 0.0695 e.